The van der Waals surface area contributed by atoms with E-state index in [1.807, 2.05) is 38.1 Å². The van der Waals surface area contributed by atoms with Gasteiger partial charge in [0.05, 0.1) is 10.6 Å². The molecule has 0 fully saturated rings. The highest BCUT2D eigenvalue weighted by molar-refractivity contribution is 6.32. The van der Waals surface area contributed by atoms with Gasteiger partial charge in [-0.3, -0.25) is 10.1 Å². The van der Waals surface area contributed by atoms with Gasteiger partial charge < -0.3 is 0 Å². The minimum Gasteiger partial charge on any atom is -0.258 e. The second-order valence-electron chi connectivity index (χ2n) is 4.29. The summed E-state index contributed by atoms with van der Waals surface area (Å²) in [6, 6.07) is 7.51. The topological polar surface area (TPSA) is 61.0 Å². The molecule has 5 nitrogen and oxygen atoms in total. The van der Waals surface area contributed by atoms with Crippen molar-refractivity contribution in [2.45, 2.75) is 26.7 Å². The van der Waals surface area contributed by atoms with Crippen molar-refractivity contribution in [3.63, 3.8) is 0 Å². The maximum absolute atomic E-state index is 11.1. The van der Waals surface area contributed by atoms with Gasteiger partial charge in [0.2, 0.25) is 5.15 Å². The molecule has 19 heavy (non-hydrogen) atoms. The zero-order valence-electron chi connectivity index (χ0n) is 10.8. The van der Waals surface area contributed by atoms with Crippen molar-refractivity contribution in [3.05, 3.63) is 50.8 Å². The van der Waals surface area contributed by atoms with Crippen LogP contribution in [0.15, 0.2) is 24.3 Å². The number of hydrogen-bond acceptors (Lipinski definition) is 3. The minimum atomic E-state index is -0.463. The summed E-state index contributed by atoms with van der Waals surface area (Å²) in [7, 11) is 0. The molecule has 0 radical (unpaired) electrons. The second kappa shape index (κ2) is 5.40. The summed E-state index contributed by atoms with van der Waals surface area (Å²) in [6.45, 7) is 3.86. The van der Waals surface area contributed by atoms with Gasteiger partial charge in [0.1, 0.15) is 5.69 Å². The molecule has 0 aliphatic heterocycles. The highest BCUT2D eigenvalue weighted by atomic mass is 35.5. The molecular formula is C13H14ClN3O2. The predicted octanol–water partition coefficient (Wildman–Crippen LogP) is 3.69. The third-order valence-electron chi connectivity index (χ3n) is 2.89. The smallest absolute Gasteiger partial charge is 0.258 e. The van der Waals surface area contributed by atoms with Crippen LogP contribution in [-0.4, -0.2) is 14.7 Å². The standard InChI is InChI=1S/C13H14ClN3O2/c1-3-6-10-12(17(18)19)13(14)16(15-10)11-8-5-4-7-9(11)2/h4-5,7-8H,3,6H2,1-2H3. The lowest BCUT2D eigenvalue weighted by Gasteiger charge is -2.05. The number of hydrogen-bond donors (Lipinski definition) is 0. The van der Waals surface area contributed by atoms with E-state index in [1.54, 1.807) is 0 Å². The predicted molar refractivity (Wildman–Crippen MR) is 74.0 cm³/mol. The van der Waals surface area contributed by atoms with Crippen molar-refractivity contribution in [1.29, 1.82) is 0 Å². The lowest BCUT2D eigenvalue weighted by atomic mass is 10.2. The fourth-order valence-corrected chi connectivity index (χ4v) is 2.28. The van der Waals surface area contributed by atoms with E-state index in [-0.39, 0.29) is 10.8 Å². The summed E-state index contributed by atoms with van der Waals surface area (Å²) in [4.78, 5) is 10.7. The van der Waals surface area contributed by atoms with Crippen LogP contribution < -0.4 is 0 Å². The Labute approximate surface area is 116 Å². The molecule has 0 spiro atoms. The Morgan fingerprint density at radius 2 is 2.11 bits per heavy atom. The molecular weight excluding hydrogens is 266 g/mol. The molecule has 2 rings (SSSR count). The largest absolute Gasteiger partial charge is 0.329 e. The van der Waals surface area contributed by atoms with Gasteiger partial charge in [-0.25, -0.2) is 4.68 Å². The highest BCUT2D eigenvalue weighted by Crippen LogP contribution is 2.32. The molecule has 0 aliphatic rings. The van der Waals surface area contributed by atoms with Crippen LogP contribution in [0.25, 0.3) is 5.69 Å². The van der Waals surface area contributed by atoms with Crippen molar-refractivity contribution >= 4 is 17.3 Å². The van der Waals surface area contributed by atoms with E-state index in [9.17, 15) is 10.1 Å². The first-order valence-corrected chi connectivity index (χ1v) is 6.41. The Morgan fingerprint density at radius 1 is 1.42 bits per heavy atom. The Balaban J connectivity index is 2.63. The molecule has 1 aromatic carbocycles. The molecule has 0 N–H and O–H groups in total. The molecule has 0 aliphatic carbocycles. The van der Waals surface area contributed by atoms with Gasteiger partial charge in [0.25, 0.3) is 0 Å². The number of aromatic nitrogens is 2. The number of halogens is 1. The van der Waals surface area contributed by atoms with Crippen LogP contribution >= 0.6 is 11.6 Å². The summed E-state index contributed by atoms with van der Waals surface area (Å²) in [5.74, 6) is 0. The van der Waals surface area contributed by atoms with Crippen molar-refractivity contribution in [2.24, 2.45) is 0 Å². The van der Waals surface area contributed by atoms with E-state index < -0.39 is 4.92 Å². The minimum absolute atomic E-state index is 0.0581. The average molecular weight is 280 g/mol. The van der Waals surface area contributed by atoms with Gasteiger partial charge in [-0.1, -0.05) is 43.1 Å². The van der Waals surface area contributed by atoms with Crippen molar-refractivity contribution in [2.75, 3.05) is 0 Å². The Morgan fingerprint density at radius 3 is 2.68 bits per heavy atom. The van der Waals surface area contributed by atoms with Crippen LogP contribution in [0, 0.1) is 17.0 Å². The number of para-hydroxylation sites is 1. The van der Waals surface area contributed by atoms with Crippen LogP contribution in [0.5, 0.6) is 0 Å². The average Bonchev–Trinajstić information content (AvgIpc) is 2.67. The summed E-state index contributed by atoms with van der Waals surface area (Å²) < 4.78 is 1.44. The molecule has 0 saturated carbocycles. The van der Waals surface area contributed by atoms with E-state index >= 15 is 0 Å². The first-order chi connectivity index (χ1) is 9.06. The van der Waals surface area contributed by atoms with Gasteiger partial charge >= 0.3 is 5.69 Å². The second-order valence-corrected chi connectivity index (χ2v) is 4.65. The van der Waals surface area contributed by atoms with Gasteiger partial charge in [-0.2, -0.15) is 5.10 Å². The Hall–Kier alpha value is -1.88. The van der Waals surface area contributed by atoms with E-state index in [0.717, 1.165) is 17.7 Å². The van der Waals surface area contributed by atoms with Gasteiger partial charge in [-0.05, 0) is 25.0 Å². The Bertz CT molecular complexity index is 622. The summed E-state index contributed by atoms with van der Waals surface area (Å²) >= 11 is 6.13. The zero-order valence-corrected chi connectivity index (χ0v) is 11.5. The molecule has 0 atom stereocenters. The van der Waals surface area contributed by atoms with Gasteiger partial charge in [0, 0.05) is 0 Å². The number of aryl methyl sites for hydroxylation is 2. The lowest BCUT2D eigenvalue weighted by molar-refractivity contribution is -0.385. The number of benzene rings is 1. The SMILES string of the molecule is CCCc1nn(-c2ccccc2C)c(Cl)c1[N+](=O)[O-]. The quantitative estimate of drug-likeness (QED) is 0.633. The molecule has 1 heterocycles. The fraction of sp³-hybridized carbons (Fsp3) is 0.308. The normalized spacial score (nSPS) is 10.7. The van der Waals surface area contributed by atoms with Gasteiger partial charge in [0.15, 0.2) is 0 Å². The Kier molecular flexibility index (Phi) is 3.85. The monoisotopic (exact) mass is 279 g/mol. The van der Waals surface area contributed by atoms with E-state index in [2.05, 4.69) is 5.10 Å². The fourth-order valence-electron chi connectivity index (χ4n) is 1.98. The third-order valence-corrected chi connectivity index (χ3v) is 3.23. The molecule has 0 amide bonds. The molecule has 0 unspecified atom stereocenters. The molecule has 0 saturated heterocycles. The van der Waals surface area contributed by atoms with Crippen LogP contribution in [0.1, 0.15) is 24.6 Å². The molecule has 0 bridgehead atoms. The van der Waals surface area contributed by atoms with E-state index in [1.165, 1.54) is 4.68 Å². The molecule has 1 aromatic heterocycles. The molecule has 2 aromatic rings. The van der Waals surface area contributed by atoms with E-state index in [0.29, 0.717) is 12.1 Å². The molecule has 100 valence electrons. The first kappa shape index (κ1) is 13.5. The van der Waals surface area contributed by atoms with Crippen LogP contribution in [-0.2, 0) is 6.42 Å². The van der Waals surface area contributed by atoms with Crippen LogP contribution in [0.4, 0.5) is 5.69 Å². The van der Waals surface area contributed by atoms with Crippen LogP contribution in [0.3, 0.4) is 0 Å². The number of nitrogens with zero attached hydrogens (tertiary/aromatic N) is 3. The van der Waals surface area contributed by atoms with Crippen molar-refractivity contribution in [3.8, 4) is 5.69 Å². The van der Waals surface area contributed by atoms with E-state index in [4.69, 9.17) is 11.6 Å². The number of nitro groups is 1. The maximum Gasteiger partial charge on any atom is 0.329 e. The summed E-state index contributed by atoms with van der Waals surface area (Å²) in [5, 5.41) is 15.5. The lowest BCUT2D eigenvalue weighted by Crippen LogP contribution is -1.99. The number of rotatable bonds is 4. The first-order valence-electron chi connectivity index (χ1n) is 6.04. The summed E-state index contributed by atoms with van der Waals surface area (Å²) in [5.41, 5.74) is 2.07. The van der Waals surface area contributed by atoms with Crippen molar-refractivity contribution in [1.82, 2.24) is 9.78 Å². The van der Waals surface area contributed by atoms with Crippen LogP contribution in [0.2, 0.25) is 5.15 Å². The molecule has 6 heteroatoms. The van der Waals surface area contributed by atoms with Crippen molar-refractivity contribution < 1.29 is 4.92 Å². The maximum atomic E-state index is 11.1. The third kappa shape index (κ3) is 2.46. The van der Waals surface area contributed by atoms with Gasteiger partial charge in [-0.15, -0.1) is 0 Å². The zero-order chi connectivity index (χ0) is 14.0. The highest BCUT2D eigenvalue weighted by Gasteiger charge is 2.26. The summed E-state index contributed by atoms with van der Waals surface area (Å²) in [6.07, 6.45) is 1.32.